The van der Waals surface area contributed by atoms with Gasteiger partial charge in [-0.05, 0) is 19.5 Å². The van der Waals surface area contributed by atoms with E-state index >= 15 is 0 Å². The second-order valence-corrected chi connectivity index (χ2v) is 2.60. The Morgan fingerprint density at radius 3 is 2.60 bits per heavy atom. The molecule has 0 saturated carbocycles. The van der Waals surface area contributed by atoms with E-state index in [2.05, 4.69) is 4.90 Å². The molecule has 0 amide bonds. The summed E-state index contributed by atoms with van der Waals surface area (Å²) in [6.45, 7) is 5.78. The predicted molar refractivity (Wildman–Crippen MR) is 40.9 cm³/mol. The third-order valence-electron chi connectivity index (χ3n) is 1.76. The Morgan fingerprint density at radius 2 is 2.10 bits per heavy atom. The van der Waals surface area contributed by atoms with Gasteiger partial charge in [0.2, 0.25) is 0 Å². The van der Waals surface area contributed by atoms with Crippen molar-refractivity contribution in [1.29, 1.82) is 0 Å². The maximum atomic E-state index is 5.25. The van der Waals surface area contributed by atoms with Crippen LogP contribution in [0, 0.1) is 0 Å². The SMILES string of the molecule is NCCOCCN1CCC1. The fraction of sp³-hybridized carbons (Fsp3) is 1.00. The predicted octanol–water partition coefficient (Wildman–Crippen LogP) is -0.333. The van der Waals surface area contributed by atoms with Gasteiger partial charge in [-0.25, -0.2) is 0 Å². The van der Waals surface area contributed by atoms with Gasteiger partial charge in [0, 0.05) is 13.1 Å². The first-order valence-electron chi connectivity index (χ1n) is 3.93. The second-order valence-electron chi connectivity index (χ2n) is 2.60. The highest BCUT2D eigenvalue weighted by Gasteiger charge is 2.11. The topological polar surface area (TPSA) is 38.5 Å². The maximum Gasteiger partial charge on any atom is 0.0594 e. The first-order chi connectivity index (χ1) is 4.93. The Bertz CT molecular complexity index is 83.7. The summed E-state index contributed by atoms with van der Waals surface area (Å²) in [5.74, 6) is 0. The summed E-state index contributed by atoms with van der Waals surface area (Å²) in [5, 5.41) is 0. The van der Waals surface area contributed by atoms with Crippen molar-refractivity contribution in [1.82, 2.24) is 4.90 Å². The van der Waals surface area contributed by atoms with E-state index in [0.717, 1.165) is 13.2 Å². The fourth-order valence-corrected chi connectivity index (χ4v) is 0.984. The highest BCUT2D eigenvalue weighted by atomic mass is 16.5. The first-order valence-corrected chi connectivity index (χ1v) is 3.93. The van der Waals surface area contributed by atoms with Crippen molar-refractivity contribution in [3.8, 4) is 0 Å². The lowest BCUT2D eigenvalue weighted by Crippen LogP contribution is -2.39. The zero-order chi connectivity index (χ0) is 7.23. The summed E-state index contributed by atoms with van der Waals surface area (Å²) in [6.07, 6.45) is 1.36. The Balaban J connectivity index is 1.76. The number of hydrogen-bond acceptors (Lipinski definition) is 3. The molecule has 3 heteroatoms. The monoisotopic (exact) mass is 144 g/mol. The lowest BCUT2D eigenvalue weighted by atomic mass is 10.2. The van der Waals surface area contributed by atoms with Crippen LogP contribution in [0.1, 0.15) is 6.42 Å². The quantitative estimate of drug-likeness (QED) is 0.537. The van der Waals surface area contributed by atoms with Crippen LogP contribution in [0.5, 0.6) is 0 Å². The highest BCUT2D eigenvalue weighted by molar-refractivity contribution is 4.67. The molecule has 1 rings (SSSR count). The van der Waals surface area contributed by atoms with Crippen molar-refractivity contribution >= 4 is 0 Å². The molecule has 1 fully saturated rings. The highest BCUT2D eigenvalue weighted by Crippen LogP contribution is 2.03. The average Bonchev–Trinajstić information content (AvgIpc) is 1.84. The van der Waals surface area contributed by atoms with Crippen LogP contribution in [0.15, 0.2) is 0 Å². The molecule has 2 N–H and O–H groups in total. The molecule has 60 valence electrons. The lowest BCUT2D eigenvalue weighted by molar-refractivity contribution is 0.0848. The largest absolute Gasteiger partial charge is 0.379 e. The maximum absolute atomic E-state index is 5.25. The lowest BCUT2D eigenvalue weighted by Gasteiger charge is -2.30. The molecule has 0 spiro atoms. The molecule has 0 unspecified atom stereocenters. The molecule has 0 atom stereocenters. The summed E-state index contributed by atoms with van der Waals surface area (Å²) in [5.41, 5.74) is 5.25. The first kappa shape index (κ1) is 7.98. The van der Waals surface area contributed by atoms with Gasteiger partial charge in [0.15, 0.2) is 0 Å². The van der Waals surface area contributed by atoms with Crippen LogP contribution in [0.4, 0.5) is 0 Å². The number of rotatable bonds is 5. The molecule has 0 aliphatic carbocycles. The van der Waals surface area contributed by atoms with E-state index in [-0.39, 0.29) is 0 Å². The van der Waals surface area contributed by atoms with Crippen molar-refractivity contribution in [3.05, 3.63) is 0 Å². The van der Waals surface area contributed by atoms with Crippen molar-refractivity contribution in [2.24, 2.45) is 5.73 Å². The molecule has 0 aromatic heterocycles. The third kappa shape index (κ3) is 2.64. The van der Waals surface area contributed by atoms with E-state index in [0.29, 0.717) is 13.2 Å². The summed E-state index contributed by atoms with van der Waals surface area (Å²) in [6, 6.07) is 0. The molecule has 0 bridgehead atoms. The molecule has 1 aliphatic heterocycles. The number of likely N-dealkylation sites (tertiary alicyclic amines) is 1. The van der Waals surface area contributed by atoms with Gasteiger partial charge in [0.1, 0.15) is 0 Å². The van der Waals surface area contributed by atoms with Gasteiger partial charge < -0.3 is 15.4 Å². The molecule has 1 heterocycles. The van der Waals surface area contributed by atoms with E-state index in [1.54, 1.807) is 0 Å². The zero-order valence-electron chi connectivity index (χ0n) is 6.38. The Kier molecular flexibility index (Phi) is 3.72. The van der Waals surface area contributed by atoms with Crippen molar-refractivity contribution in [2.75, 3.05) is 39.4 Å². The minimum Gasteiger partial charge on any atom is -0.379 e. The summed E-state index contributed by atoms with van der Waals surface area (Å²) >= 11 is 0. The van der Waals surface area contributed by atoms with E-state index in [4.69, 9.17) is 10.5 Å². The molecule has 10 heavy (non-hydrogen) atoms. The minimum atomic E-state index is 0.639. The smallest absolute Gasteiger partial charge is 0.0594 e. The Labute approximate surface area is 62.1 Å². The van der Waals surface area contributed by atoms with Gasteiger partial charge in [0.05, 0.1) is 13.2 Å². The molecule has 1 saturated heterocycles. The fourth-order valence-electron chi connectivity index (χ4n) is 0.984. The van der Waals surface area contributed by atoms with Crippen molar-refractivity contribution < 1.29 is 4.74 Å². The molecule has 3 nitrogen and oxygen atoms in total. The number of nitrogens with two attached hydrogens (primary N) is 1. The van der Waals surface area contributed by atoms with Gasteiger partial charge in [-0.1, -0.05) is 0 Å². The van der Waals surface area contributed by atoms with Crippen molar-refractivity contribution in [3.63, 3.8) is 0 Å². The molecule has 0 aromatic carbocycles. The normalized spacial score (nSPS) is 18.9. The molecular weight excluding hydrogens is 128 g/mol. The van der Waals surface area contributed by atoms with Crippen LogP contribution in [-0.2, 0) is 4.74 Å². The average molecular weight is 144 g/mol. The van der Waals surface area contributed by atoms with Gasteiger partial charge >= 0.3 is 0 Å². The number of hydrogen-bond donors (Lipinski definition) is 1. The molecule has 0 radical (unpaired) electrons. The van der Waals surface area contributed by atoms with Gasteiger partial charge in [-0.2, -0.15) is 0 Å². The van der Waals surface area contributed by atoms with Gasteiger partial charge in [-0.3, -0.25) is 0 Å². The van der Waals surface area contributed by atoms with Crippen LogP contribution in [0.25, 0.3) is 0 Å². The van der Waals surface area contributed by atoms with Crippen LogP contribution in [0.3, 0.4) is 0 Å². The molecule has 1 aliphatic rings. The van der Waals surface area contributed by atoms with E-state index in [9.17, 15) is 0 Å². The molecule has 0 aromatic rings. The minimum absolute atomic E-state index is 0.639. The van der Waals surface area contributed by atoms with Gasteiger partial charge in [-0.15, -0.1) is 0 Å². The number of nitrogens with zero attached hydrogens (tertiary/aromatic N) is 1. The summed E-state index contributed by atoms with van der Waals surface area (Å²) in [4.78, 5) is 2.39. The Hall–Kier alpha value is -0.120. The second kappa shape index (κ2) is 4.66. The van der Waals surface area contributed by atoms with Gasteiger partial charge in [0.25, 0.3) is 0 Å². The van der Waals surface area contributed by atoms with E-state index in [1.165, 1.54) is 19.5 Å². The van der Waals surface area contributed by atoms with Crippen LogP contribution in [0.2, 0.25) is 0 Å². The summed E-state index contributed by atoms with van der Waals surface area (Å²) < 4.78 is 5.22. The van der Waals surface area contributed by atoms with Crippen LogP contribution in [-0.4, -0.2) is 44.3 Å². The summed E-state index contributed by atoms with van der Waals surface area (Å²) in [7, 11) is 0. The number of ether oxygens (including phenoxy) is 1. The van der Waals surface area contributed by atoms with E-state index in [1.807, 2.05) is 0 Å². The van der Waals surface area contributed by atoms with E-state index < -0.39 is 0 Å². The zero-order valence-corrected chi connectivity index (χ0v) is 6.38. The van der Waals surface area contributed by atoms with Crippen LogP contribution >= 0.6 is 0 Å². The van der Waals surface area contributed by atoms with Crippen molar-refractivity contribution in [2.45, 2.75) is 6.42 Å². The molecular formula is C7H16N2O. The standard InChI is InChI=1S/C7H16N2O/c8-2-6-10-7-5-9-3-1-4-9/h1-8H2. The van der Waals surface area contributed by atoms with Crippen LogP contribution < -0.4 is 5.73 Å². The Morgan fingerprint density at radius 1 is 1.30 bits per heavy atom. The third-order valence-corrected chi connectivity index (χ3v) is 1.76.